The second kappa shape index (κ2) is 4.90. The van der Waals surface area contributed by atoms with E-state index in [0.29, 0.717) is 5.69 Å². The summed E-state index contributed by atoms with van der Waals surface area (Å²) in [6.45, 7) is 0. The summed E-state index contributed by atoms with van der Waals surface area (Å²) in [7, 11) is -7.17. The fraction of sp³-hybridized carbons (Fsp3) is 0.250. The Balaban J connectivity index is 3.24. The van der Waals surface area contributed by atoms with Crippen LogP contribution in [0.4, 0.5) is 5.69 Å². The molecule has 9 heteroatoms. The van der Waals surface area contributed by atoms with Crippen molar-refractivity contribution < 1.29 is 28.7 Å². The molecular formula is C8H13NO6P2. The molecule has 17 heavy (non-hydrogen) atoms. The SMILES string of the molecule is CNc1cc(CP(=O)(O)O)cc(P(=O)(O)O)c1. The molecule has 0 aliphatic rings. The van der Waals surface area contributed by atoms with E-state index in [1.165, 1.54) is 12.1 Å². The highest BCUT2D eigenvalue weighted by Crippen LogP contribution is 2.41. The Morgan fingerprint density at radius 2 is 1.71 bits per heavy atom. The van der Waals surface area contributed by atoms with Gasteiger partial charge in [0.2, 0.25) is 0 Å². The number of hydrogen-bond acceptors (Lipinski definition) is 3. The number of nitrogens with one attached hydrogen (secondary N) is 1. The molecule has 1 aromatic carbocycles. The summed E-state index contributed by atoms with van der Waals surface area (Å²) in [6.07, 6.45) is -0.560. The van der Waals surface area contributed by atoms with Crippen molar-refractivity contribution in [3.05, 3.63) is 23.8 Å². The third-order valence-corrected chi connectivity index (χ3v) is 3.70. The lowest BCUT2D eigenvalue weighted by atomic mass is 10.2. The summed E-state index contributed by atoms with van der Waals surface area (Å²) in [6, 6.07) is 3.77. The van der Waals surface area contributed by atoms with Crippen LogP contribution < -0.4 is 10.6 Å². The average molecular weight is 281 g/mol. The first kappa shape index (κ1) is 14.4. The van der Waals surface area contributed by atoms with Crippen LogP contribution in [0.15, 0.2) is 18.2 Å². The lowest BCUT2D eigenvalue weighted by Gasteiger charge is -2.11. The van der Waals surface area contributed by atoms with E-state index in [1.807, 2.05) is 0 Å². The van der Waals surface area contributed by atoms with Crippen LogP contribution in [-0.4, -0.2) is 26.6 Å². The van der Waals surface area contributed by atoms with Crippen LogP contribution in [0, 0.1) is 0 Å². The van der Waals surface area contributed by atoms with Gasteiger partial charge in [-0.1, -0.05) is 0 Å². The minimum atomic E-state index is -4.44. The van der Waals surface area contributed by atoms with Crippen LogP contribution in [-0.2, 0) is 15.3 Å². The van der Waals surface area contributed by atoms with Crippen molar-refractivity contribution >= 4 is 26.2 Å². The van der Waals surface area contributed by atoms with Gasteiger partial charge in [0.15, 0.2) is 0 Å². The van der Waals surface area contributed by atoms with E-state index >= 15 is 0 Å². The fourth-order valence-electron chi connectivity index (χ4n) is 1.32. The van der Waals surface area contributed by atoms with E-state index in [0.717, 1.165) is 6.07 Å². The molecule has 0 aliphatic carbocycles. The summed E-state index contributed by atoms with van der Waals surface area (Å²) in [5.41, 5.74) is 0.554. The third kappa shape index (κ3) is 4.60. The van der Waals surface area contributed by atoms with E-state index in [-0.39, 0.29) is 10.9 Å². The van der Waals surface area contributed by atoms with Gasteiger partial charge in [-0.25, -0.2) is 0 Å². The Labute approximate surface area is 97.8 Å². The first-order valence-electron chi connectivity index (χ1n) is 4.54. The van der Waals surface area contributed by atoms with Gasteiger partial charge in [0.05, 0.1) is 11.5 Å². The molecule has 0 unspecified atom stereocenters. The van der Waals surface area contributed by atoms with Gasteiger partial charge in [0, 0.05) is 12.7 Å². The Morgan fingerprint density at radius 3 is 2.12 bits per heavy atom. The molecule has 0 saturated heterocycles. The van der Waals surface area contributed by atoms with Crippen molar-refractivity contribution in [2.45, 2.75) is 6.16 Å². The van der Waals surface area contributed by atoms with Crippen molar-refractivity contribution in [1.82, 2.24) is 0 Å². The molecule has 96 valence electrons. The quantitative estimate of drug-likeness (QED) is 0.499. The van der Waals surface area contributed by atoms with Crippen LogP contribution in [0.5, 0.6) is 0 Å². The summed E-state index contributed by atoms with van der Waals surface area (Å²) < 4.78 is 21.9. The van der Waals surface area contributed by atoms with Gasteiger partial charge in [-0.3, -0.25) is 9.13 Å². The number of rotatable bonds is 4. The second-order valence-electron chi connectivity index (χ2n) is 3.50. The van der Waals surface area contributed by atoms with Gasteiger partial charge < -0.3 is 24.9 Å². The summed E-state index contributed by atoms with van der Waals surface area (Å²) >= 11 is 0. The van der Waals surface area contributed by atoms with Crippen molar-refractivity contribution in [1.29, 1.82) is 0 Å². The highest BCUT2D eigenvalue weighted by molar-refractivity contribution is 7.60. The predicted molar refractivity (Wildman–Crippen MR) is 63.4 cm³/mol. The van der Waals surface area contributed by atoms with E-state index in [2.05, 4.69) is 5.32 Å². The molecule has 0 fully saturated rings. The zero-order valence-corrected chi connectivity index (χ0v) is 10.7. The molecule has 0 bridgehead atoms. The fourth-order valence-corrected chi connectivity index (χ4v) is 2.62. The van der Waals surface area contributed by atoms with Crippen molar-refractivity contribution in [2.75, 3.05) is 12.4 Å². The maximum absolute atomic E-state index is 11.1. The zero-order valence-electron chi connectivity index (χ0n) is 8.94. The Kier molecular flexibility index (Phi) is 4.15. The van der Waals surface area contributed by atoms with Crippen LogP contribution in [0.25, 0.3) is 0 Å². The molecule has 0 atom stereocenters. The molecule has 0 heterocycles. The summed E-state index contributed by atoms with van der Waals surface area (Å²) in [5.74, 6) is 0. The highest BCUT2D eigenvalue weighted by atomic mass is 31.2. The van der Waals surface area contributed by atoms with Gasteiger partial charge in [0.1, 0.15) is 0 Å². The topological polar surface area (TPSA) is 127 Å². The van der Waals surface area contributed by atoms with E-state index in [1.54, 1.807) is 7.05 Å². The lowest BCUT2D eigenvalue weighted by Crippen LogP contribution is -2.07. The highest BCUT2D eigenvalue weighted by Gasteiger charge is 2.21. The molecule has 7 nitrogen and oxygen atoms in total. The number of anilines is 1. The largest absolute Gasteiger partial charge is 0.388 e. The molecular weight excluding hydrogens is 268 g/mol. The van der Waals surface area contributed by atoms with Crippen LogP contribution in [0.1, 0.15) is 5.56 Å². The normalized spacial score (nSPS) is 12.5. The Hall–Kier alpha value is -0.680. The number of hydrogen-bond donors (Lipinski definition) is 5. The van der Waals surface area contributed by atoms with Crippen LogP contribution in [0.2, 0.25) is 0 Å². The maximum atomic E-state index is 11.1. The molecule has 0 aromatic heterocycles. The van der Waals surface area contributed by atoms with Gasteiger partial charge in [-0.2, -0.15) is 0 Å². The van der Waals surface area contributed by atoms with Crippen molar-refractivity contribution in [3.8, 4) is 0 Å². The van der Waals surface area contributed by atoms with Crippen molar-refractivity contribution in [3.63, 3.8) is 0 Å². The first-order valence-corrected chi connectivity index (χ1v) is 7.95. The smallest absolute Gasteiger partial charge is 0.356 e. The monoisotopic (exact) mass is 281 g/mol. The lowest BCUT2D eigenvalue weighted by molar-refractivity contribution is 0.371. The van der Waals surface area contributed by atoms with Crippen LogP contribution in [0.3, 0.4) is 0 Å². The molecule has 0 radical (unpaired) electrons. The zero-order chi connectivity index (χ0) is 13.3. The number of benzene rings is 1. The minimum absolute atomic E-state index is 0.170. The van der Waals surface area contributed by atoms with Gasteiger partial charge in [-0.05, 0) is 23.8 Å². The Morgan fingerprint density at radius 1 is 1.12 bits per heavy atom. The summed E-state index contributed by atoms with van der Waals surface area (Å²) in [5, 5.41) is 2.40. The third-order valence-electron chi connectivity index (χ3n) is 1.99. The average Bonchev–Trinajstić information content (AvgIpc) is 2.13. The Bertz CT molecular complexity index is 505. The molecule has 0 spiro atoms. The molecule has 5 N–H and O–H groups in total. The van der Waals surface area contributed by atoms with Gasteiger partial charge >= 0.3 is 15.2 Å². The standard InChI is InChI=1S/C8H13NO6P2/c1-9-7-2-6(5-16(10,11)12)3-8(4-7)17(13,14)15/h2-4,9H,5H2,1H3,(H2,10,11,12)(H2,13,14,15). The van der Waals surface area contributed by atoms with Gasteiger partial charge in [0.25, 0.3) is 0 Å². The molecule has 0 aliphatic heterocycles. The van der Waals surface area contributed by atoms with E-state index in [9.17, 15) is 9.13 Å². The van der Waals surface area contributed by atoms with E-state index in [4.69, 9.17) is 19.6 Å². The summed E-state index contributed by atoms with van der Waals surface area (Å²) in [4.78, 5) is 35.7. The molecule has 0 amide bonds. The minimum Gasteiger partial charge on any atom is -0.388 e. The molecule has 1 rings (SSSR count). The first-order chi connectivity index (χ1) is 7.62. The molecule has 1 aromatic rings. The van der Waals surface area contributed by atoms with E-state index < -0.39 is 21.4 Å². The predicted octanol–water partition coefficient (Wildman–Crippen LogP) is 0.209. The van der Waals surface area contributed by atoms with Crippen LogP contribution >= 0.6 is 15.2 Å². The maximum Gasteiger partial charge on any atom is 0.356 e. The van der Waals surface area contributed by atoms with Gasteiger partial charge in [-0.15, -0.1) is 0 Å². The second-order valence-corrected chi connectivity index (χ2v) is 6.76. The molecule has 0 saturated carbocycles. The van der Waals surface area contributed by atoms with Crippen molar-refractivity contribution in [2.24, 2.45) is 0 Å².